The molecule has 72 valence electrons. The molecular formula is C10H7BrClNO. The molecule has 0 spiro atoms. The van der Waals surface area contributed by atoms with Crippen LogP contribution in [0, 0.1) is 11.8 Å². The number of benzene rings is 1. The van der Waals surface area contributed by atoms with Gasteiger partial charge in [-0.2, -0.15) is 0 Å². The molecule has 1 amide bonds. The molecule has 0 radical (unpaired) electrons. The number of halogens is 2. The van der Waals surface area contributed by atoms with E-state index in [2.05, 4.69) is 33.1 Å². The predicted molar refractivity (Wildman–Crippen MR) is 61.2 cm³/mol. The summed E-state index contributed by atoms with van der Waals surface area (Å²) in [4.78, 5) is 11.1. The molecule has 0 aliphatic rings. The summed E-state index contributed by atoms with van der Waals surface area (Å²) in [5.41, 5.74) is 0.631. The first-order valence-electron chi connectivity index (χ1n) is 3.82. The lowest BCUT2D eigenvalue weighted by atomic mass is 10.3. The Morgan fingerprint density at radius 2 is 2.29 bits per heavy atom. The van der Waals surface area contributed by atoms with Crippen LogP contribution in [0.1, 0.15) is 6.92 Å². The van der Waals surface area contributed by atoms with Gasteiger partial charge in [0, 0.05) is 10.2 Å². The van der Waals surface area contributed by atoms with Gasteiger partial charge in [-0.25, -0.2) is 0 Å². The second kappa shape index (κ2) is 5.04. The molecule has 0 atom stereocenters. The van der Waals surface area contributed by atoms with Gasteiger partial charge < -0.3 is 5.32 Å². The lowest BCUT2D eigenvalue weighted by molar-refractivity contribution is -0.111. The van der Waals surface area contributed by atoms with Crippen LogP contribution in [-0.4, -0.2) is 5.91 Å². The van der Waals surface area contributed by atoms with E-state index in [1.807, 2.05) is 0 Å². The Labute approximate surface area is 95.8 Å². The van der Waals surface area contributed by atoms with Crippen LogP contribution in [0.5, 0.6) is 0 Å². The van der Waals surface area contributed by atoms with E-state index < -0.39 is 0 Å². The van der Waals surface area contributed by atoms with Crippen LogP contribution < -0.4 is 5.32 Å². The summed E-state index contributed by atoms with van der Waals surface area (Å²) < 4.78 is 0.791. The highest BCUT2D eigenvalue weighted by Gasteiger charge is 2.01. The molecule has 0 aliphatic heterocycles. The molecule has 0 aromatic heterocycles. The van der Waals surface area contributed by atoms with Crippen molar-refractivity contribution in [1.29, 1.82) is 0 Å². The minimum absolute atomic E-state index is 0.342. The number of anilines is 1. The largest absolute Gasteiger partial charge is 0.315 e. The first-order valence-corrected chi connectivity index (χ1v) is 4.99. The van der Waals surface area contributed by atoms with Crippen molar-refractivity contribution in [1.82, 2.24) is 0 Å². The molecule has 0 saturated heterocycles. The summed E-state index contributed by atoms with van der Waals surface area (Å²) in [5.74, 6) is 4.54. The first-order chi connectivity index (χ1) is 6.63. The number of hydrogen-bond donors (Lipinski definition) is 1. The molecule has 0 unspecified atom stereocenters. The molecule has 0 aliphatic carbocycles. The van der Waals surface area contributed by atoms with Gasteiger partial charge in [0.25, 0.3) is 5.91 Å². The third-order valence-corrected chi connectivity index (χ3v) is 2.65. The van der Waals surface area contributed by atoms with Crippen molar-refractivity contribution in [3.05, 3.63) is 27.7 Å². The van der Waals surface area contributed by atoms with Crippen LogP contribution in [0.15, 0.2) is 22.7 Å². The Morgan fingerprint density at radius 1 is 1.57 bits per heavy atom. The lowest BCUT2D eigenvalue weighted by Crippen LogP contribution is -2.08. The van der Waals surface area contributed by atoms with Gasteiger partial charge in [-0.3, -0.25) is 4.79 Å². The average Bonchev–Trinajstić information content (AvgIpc) is 2.12. The molecule has 1 N–H and O–H groups in total. The second-order valence-corrected chi connectivity index (χ2v) is 3.72. The molecule has 1 aromatic rings. The van der Waals surface area contributed by atoms with Crippen LogP contribution in [0.3, 0.4) is 0 Å². The minimum atomic E-state index is -0.342. The molecule has 0 saturated carbocycles. The monoisotopic (exact) mass is 271 g/mol. The molecule has 1 aromatic carbocycles. The number of hydrogen-bond acceptors (Lipinski definition) is 1. The standard InChI is InChI=1S/C10H7BrClNO/c1-2-3-10(14)13-7-4-5-8(11)9(12)6-7/h4-6H,1H3,(H,13,14). The van der Waals surface area contributed by atoms with Gasteiger partial charge in [-0.15, -0.1) is 0 Å². The number of rotatable bonds is 1. The van der Waals surface area contributed by atoms with Gasteiger partial charge in [-0.05, 0) is 47.0 Å². The molecule has 0 heterocycles. The summed E-state index contributed by atoms with van der Waals surface area (Å²) in [5, 5.41) is 3.14. The Hall–Kier alpha value is -0.980. The van der Waals surface area contributed by atoms with Gasteiger partial charge >= 0.3 is 0 Å². The average molecular weight is 273 g/mol. The highest BCUT2D eigenvalue weighted by atomic mass is 79.9. The maximum absolute atomic E-state index is 11.1. The molecule has 4 heteroatoms. The van der Waals surface area contributed by atoms with Crippen molar-refractivity contribution < 1.29 is 4.79 Å². The topological polar surface area (TPSA) is 29.1 Å². The van der Waals surface area contributed by atoms with Crippen LogP contribution in [0.25, 0.3) is 0 Å². The van der Waals surface area contributed by atoms with E-state index in [1.54, 1.807) is 25.1 Å². The number of carbonyl (C=O) groups excluding carboxylic acids is 1. The fourth-order valence-corrected chi connectivity index (χ4v) is 1.28. The zero-order valence-corrected chi connectivity index (χ0v) is 9.74. The minimum Gasteiger partial charge on any atom is -0.315 e. The normalized spacial score (nSPS) is 8.79. The summed E-state index contributed by atoms with van der Waals surface area (Å²) in [6.07, 6.45) is 0. The first kappa shape index (κ1) is 11.1. The van der Waals surface area contributed by atoms with Gasteiger partial charge in [0.05, 0.1) is 5.02 Å². The Kier molecular flexibility index (Phi) is 3.99. The van der Waals surface area contributed by atoms with Crippen molar-refractivity contribution in [2.45, 2.75) is 6.92 Å². The van der Waals surface area contributed by atoms with Crippen LogP contribution in [0.4, 0.5) is 5.69 Å². The highest BCUT2D eigenvalue weighted by molar-refractivity contribution is 9.10. The third kappa shape index (κ3) is 3.06. The summed E-state index contributed by atoms with van der Waals surface area (Å²) in [6, 6.07) is 5.16. The van der Waals surface area contributed by atoms with Crippen molar-refractivity contribution in [2.75, 3.05) is 5.32 Å². The van der Waals surface area contributed by atoms with Gasteiger partial charge in [0.15, 0.2) is 0 Å². The Bertz CT molecular complexity index is 420. The van der Waals surface area contributed by atoms with Crippen LogP contribution >= 0.6 is 27.5 Å². The zero-order chi connectivity index (χ0) is 10.6. The van der Waals surface area contributed by atoms with E-state index in [9.17, 15) is 4.79 Å². The summed E-state index contributed by atoms with van der Waals surface area (Å²) in [6.45, 7) is 1.61. The summed E-state index contributed by atoms with van der Waals surface area (Å²) in [7, 11) is 0. The Morgan fingerprint density at radius 3 is 2.86 bits per heavy atom. The van der Waals surface area contributed by atoms with E-state index in [0.29, 0.717) is 10.7 Å². The van der Waals surface area contributed by atoms with Gasteiger partial charge in [0.1, 0.15) is 0 Å². The van der Waals surface area contributed by atoms with Crippen LogP contribution in [-0.2, 0) is 4.79 Å². The number of carbonyl (C=O) groups is 1. The molecule has 1 rings (SSSR count). The van der Waals surface area contributed by atoms with E-state index in [1.165, 1.54) is 0 Å². The van der Waals surface area contributed by atoms with Crippen molar-refractivity contribution >= 4 is 39.1 Å². The highest BCUT2D eigenvalue weighted by Crippen LogP contribution is 2.25. The van der Waals surface area contributed by atoms with Gasteiger partial charge in [-0.1, -0.05) is 17.5 Å². The van der Waals surface area contributed by atoms with Crippen LogP contribution in [0.2, 0.25) is 5.02 Å². The van der Waals surface area contributed by atoms with E-state index in [0.717, 1.165) is 4.47 Å². The van der Waals surface area contributed by atoms with Gasteiger partial charge in [0.2, 0.25) is 0 Å². The van der Waals surface area contributed by atoms with Crippen molar-refractivity contribution in [2.24, 2.45) is 0 Å². The molecule has 0 bridgehead atoms. The van der Waals surface area contributed by atoms with E-state index >= 15 is 0 Å². The SMILES string of the molecule is CC#CC(=O)Nc1ccc(Br)c(Cl)c1. The maximum atomic E-state index is 11.1. The summed E-state index contributed by atoms with van der Waals surface area (Å²) >= 11 is 9.09. The number of amides is 1. The zero-order valence-electron chi connectivity index (χ0n) is 7.40. The fraction of sp³-hybridized carbons (Fsp3) is 0.100. The predicted octanol–water partition coefficient (Wildman–Crippen LogP) is 3.06. The van der Waals surface area contributed by atoms with E-state index in [-0.39, 0.29) is 5.91 Å². The maximum Gasteiger partial charge on any atom is 0.300 e. The number of nitrogens with one attached hydrogen (secondary N) is 1. The molecule has 0 fully saturated rings. The van der Waals surface area contributed by atoms with E-state index in [4.69, 9.17) is 11.6 Å². The third-order valence-electron chi connectivity index (χ3n) is 1.42. The Balaban J connectivity index is 2.81. The van der Waals surface area contributed by atoms with Crippen molar-refractivity contribution in [3.63, 3.8) is 0 Å². The fourth-order valence-electron chi connectivity index (χ4n) is 0.850. The quantitative estimate of drug-likeness (QED) is 0.782. The second-order valence-electron chi connectivity index (χ2n) is 2.46. The molecule has 2 nitrogen and oxygen atoms in total. The van der Waals surface area contributed by atoms with Crippen molar-refractivity contribution in [3.8, 4) is 11.8 Å². The lowest BCUT2D eigenvalue weighted by Gasteiger charge is -2.02. The molecular weight excluding hydrogens is 265 g/mol. The smallest absolute Gasteiger partial charge is 0.300 e. The molecule has 14 heavy (non-hydrogen) atoms.